The van der Waals surface area contributed by atoms with Gasteiger partial charge in [-0.25, -0.2) is 14.4 Å². The van der Waals surface area contributed by atoms with Crippen molar-refractivity contribution in [3.8, 4) is 22.5 Å². The van der Waals surface area contributed by atoms with Gasteiger partial charge in [0.1, 0.15) is 5.82 Å². The Labute approximate surface area is 166 Å². The second-order valence-electron chi connectivity index (χ2n) is 7.14. The second kappa shape index (κ2) is 6.38. The average Bonchev–Trinajstić information content (AvgIpc) is 3.19. The van der Waals surface area contributed by atoms with Gasteiger partial charge >= 0.3 is 0 Å². The van der Waals surface area contributed by atoms with E-state index >= 15 is 0 Å². The molecule has 0 saturated heterocycles. The number of imidazole rings is 1. The van der Waals surface area contributed by atoms with Crippen molar-refractivity contribution in [3.63, 3.8) is 0 Å². The number of halogens is 1. The van der Waals surface area contributed by atoms with E-state index in [-0.39, 0.29) is 5.82 Å². The number of hydrogen-bond acceptors (Lipinski definition) is 4. The first kappa shape index (κ1) is 17.3. The Kier molecular flexibility index (Phi) is 3.81. The number of aromatic nitrogens is 4. The van der Waals surface area contributed by atoms with Crippen molar-refractivity contribution in [1.82, 2.24) is 19.4 Å². The highest BCUT2D eigenvalue weighted by molar-refractivity contribution is 5.92. The molecular weight excluding hydrogens is 365 g/mol. The Morgan fingerprint density at radius 2 is 1.69 bits per heavy atom. The molecule has 142 valence electrons. The number of rotatable bonds is 2. The van der Waals surface area contributed by atoms with Crippen molar-refractivity contribution in [2.45, 2.75) is 13.8 Å². The highest BCUT2D eigenvalue weighted by Crippen LogP contribution is 2.35. The number of aryl methyl sites for hydroxylation is 2. The van der Waals surface area contributed by atoms with Gasteiger partial charge in [-0.15, -0.1) is 0 Å². The molecule has 0 atom stereocenters. The summed E-state index contributed by atoms with van der Waals surface area (Å²) in [4.78, 5) is 13.5. The lowest BCUT2D eigenvalue weighted by Crippen LogP contribution is -2.04. The lowest BCUT2D eigenvalue weighted by Gasteiger charge is -2.15. The number of fused-ring (bicyclic) bond motifs is 2. The number of nitrogens with zero attached hydrogens (tertiary/aromatic N) is 4. The number of anilines is 1. The van der Waals surface area contributed by atoms with Crippen LogP contribution in [0.1, 0.15) is 11.1 Å². The molecule has 5 rings (SSSR count). The molecule has 0 fully saturated rings. The van der Waals surface area contributed by atoms with Crippen LogP contribution in [0.3, 0.4) is 0 Å². The maximum absolute atomic E-state index is 13.5. The smallest absolute Gasteiger partial charge is 0.180 e. The quantitative estimate of drug-likeness (QED) is 0.468. The van der Waals surface area contributed by atoms with E-state index in [1.54, 1.807) is 18.3 Å². The van der Waals surface area contributed by atoms with Crippen LogP contribution in [0.4, 0.5) is 10.2 Å². The van der Waals surface area contributed by atoms with Crippen molar-refractivity contribution in [1.29, 1.82) is 0 Å². The predicted molar refractivity (Wildman–Crippen MR) is 113 cm³/mol. The van der Waals surface area contributed by atoms with Crippen LogP contribution in [0, 0.1) is 19.7 Å². The molecule has 0 aliphatic carbocycles. The van der Waals surface area contributed by atoms with Gasteiger partial charge in [0, 0.05) is 35.1 Å². The van der Waals surface area contributed by atoms with E-state index in [1.807, 2.05) is 29.8 Å². The van der Waals surface area contributed by atoms with Crippen molar-refractivity contribution >= 4 is 22.4 Å². The first-order valence-electron chi connectivity index (χ1n) is 9.28. The van der Waals surface area contributed by atoms with E-state index in [4.69, 9.17) is 5.73 Å². The summed E-state index contributed by atoms with van der Waals surface area (Å²) < 4.78 is 15.5. The maximum Gasteiger partial charge on any atom is 0.180 e. The Morgan fingerprint density at radius 3 is 2.48 bits per heavy atom. The highest BCUT2D eigenvalue weighted by Gasteiger charge is 2.18. The molecule has 3 heterocycles. The highest BCUT2D eigenvalue weighted by atomic mass is 19.1. The standard InChI is InChI=1S/C23H18FN5/c1-13-7-8-26-19-14(2)11-16(12-18(13)19)21-20(15-3-5-17(24)6-4-15)28-22(25)23-27-9-10-29(21)23/h3-12H,1-2H3,(H2,25,28). The fourth-order valence-electron chi connectivity index (χ4n) is 3.80. The summed E-state index contributed by atoms with van der Waals surface area (Å²) in [6.07, 6.45) is 5.39. The molecule has 3 aromatic heterocycles. The number of hydrogen-bond donors (Lipinski definition) is 1. The first-order chi connectivity index (χ1) is 14.0. The molecule has 2 N–H and O–H groups in total. The van der Waals surface area contributed by atoms with Crippen LogP contribution >= 0.6 is 0 Å². The molecule has 0 unspecified atom stereocenters. The van der Waals surface area contributed by atoms with Gasteiger partial charge in [0.05, 0.1) is 16.9 Å². The third-order valence-corrected chi connectivity index (χ3v) is 5.21. The van der Waals surface area contributed by atoms with Crippen LogP contribution in [0.25, 0.3) is 39.1 Å². The number of pyridine rings is 1. The monoisotopic (exact) mass is 383 g/mol. The summed E-state index contributed by atoms with van der Waals surface area (Å²) in [7, 11) is 0. The summed E-state index contributed by atoms with van der Waals surface area (Å²) >= 11 is 0. The Bertz CT molecular complexity index is 1390. The van der Waals surface area contributed by atoms with E-state index in [0.29, 0.717) is 17.2 Å². The van der Waals surface area contributed by atoms with Gasteiger partial charge in [-0.2, -0.15) is 0 Å². The molecule has 0 radical (unpaired) electrons. The van der Waals surface area contributed by atoms with Gasteiger partial charge in [-0.05, 0) is 67.4 Å². The molecule has 0 spiro atoms. The third-order valence-electron chi connectivity index (χ3n) is 5.21. The van der Waals surface area contributed by atoms with Crippen LogP contribution in [0.2, 0.25) is 0 Å². The lowest BCUT2D eigenvalue weighted by atomic mass is 9.98. The summed E-state index contributed by atoms with van der Waals surface area (Å²) in [6.45, 7) is 4.12. The summed E-state index contributed by atoms with van der Waals surface area (Å²) in [5.41, 5.74) is 13.2. The van der Waals surface area contributed by atoms with Gasteiger partial charge in [0.15, 0.2) is 11.5 Å². The van der Waals surface area contributed by atoms with Crippen LogP contribution < -0.4 is 5.73 Å². The molecular formula is C23H18FN5. The van der Waals surface area contributed by atoms with Crippen LogP contribution in [-0.4, -0.2) is 19.4 Å². The largest absolute Gasteiger partial charge is 0.381 e. The molecule has 0 aliphatic rings. The molecule has 2 aromatic carbocycles. The first-order valence-corrected chi connectivity index (χ1v) is 9.28. The van der Waals surface area contributed by atoms with Gasteiger partial charge in [0.25, 0.3) is 0 Å². The van der Waals surface area contributed by atoms with Gasteiger partial charge in [0.2, 0.25) is 0 Å². The topological polar surface area (TPSA) is 69.1 Å². The molecule has 0 amide bonds. The number of nitrogens with two attached hydrogens (primary N) is 1. The Balaban J connectivity index is 1.89. The zero-order valence-electron chi connectivity index (χ0n) is 16.0. The Morgan fingerprint density at radius 1 is 0.897 bits per heavy atom. The van der Waals surface area contributed by atoms with E-state index in [1.165, 1.54) is 12.1 Å². The lowest BCUT2D eigenvalue weighted by molar-refractivity contribution is 0.628. The minimum absolute atomic E-state index is 0.296. The minimum atomic E-state index is -0.296. The van der Waals surface area contributed by atoms with Gasteiger partial charge in [-0.3, -0.25) is 9.38 Å². The molecule has 0 aliphatic heterocycles. The predicted octanol–water partition coefficient (Wildman–Crippen LogP) is 4.95. The molecule has 0 saturated carbocycles. The average molecular weight is 383 g/mol. The normalized spacial score (nSPS) is 11.4. The van der Waals surface area contributed by atoms with Crippen molar-refractivity contribution in [3.05, 3.63) is 78.0 Å². The summed E-state index contributed by atoms with van der Waals surface area (Å²) in [6, 6.07) is 12.5. The van der Waals surface area contributed by atoms with Crippen LogP contribution in [-0.2, 0) is 0 Å². The zero-order chi connectivity index (χ0) is 20.1. The molecule has 5 aromatic rings. The molecule has 6 heteroatoms. The van der Waals surface area contributed by atoms with Gasteiger partial charge in [-0.1, -0.05) is 0 Å². The molecule has 29 heavy (non-hydrogen) atoms. The van der Waals surface area contributed by atoms with Crippen molar-refractivity contribution < 1.29 is 4.39 Å². The van der Waals surface area contributed by atoms with Crippen molar-refractivity contribution in [2.75, 3.05) is 5.73 Å². The van der Waals surface area contributed by atoms with E-state index < -0.39 is 0 Å². The van der Waals surface area contributed by atoms with Crippen LogP contribution in [0.15, 0.2) is 61.1 Å². The zero-order valence-corrected chi connectivity index (χ0v) is 16.0. The number of benzene rings is 2. The SMILES string of the molecule is Cc1ccnc2c(C)cc(-c3c(-c4ccc(F)cc4)nc(N)c4nccn34)cc12. The van der Waals surface area contributed by atoms with E-state index in [2.05, 4.69) is 34.0 Å². The Hall–Kier alpha value is -3.80. The van der Waals surface area contributed by atoms with E-state index in [0.717, 1.165) is 38.9 Å². The fraction of sp³-hybridized carbons (Fsp3) is 0.0870. The van der Waals surface area contributed by atoms with Crippen LogP contribution in [0.5, 0.6) is 0 Å². The maximum atomic E-state index is 13.5. The van der Waals surface area contributed by atoms with Gasteiger partial charge < -0.3 is 5.73 Å². The number of nitrogen functional groups attached to an aromatic ring is 1. The molecule has 5 nitrogen and oxygen atoms in total. The second-order valence-corrected chi connectivity index (χ2v) is 7.14. The minimum Gasteiger partial charge on any atom is -0.381 e. The van der Waals surface area contributed by atoms with Crippen molar-refractivity contribution in [2.24, 2.45) is 0 Å². The summed E-state index contributed by atoms with van der Waals surface area (Å²) in [5.74, 6) is 0.0312. The molecule has 0 bridgehead atoms. The third kappa shape index (κ3) is 2.72. The fourth-order valence-corrected chi connectivity index (χ4v) is 3.80. The van der Waals surface area contributed by atoms with E-state index in [9.17, 15) is 4.39 Å². The summed E-state index contributed by atoms with van der Waals surface area (Å²) in [5, 5.41) is 1.08.